The van der Waals surface area contributed by atoms with Gasteiger partial charge in [-0.3, -0.25) is 10.2 Å². The van der Waals surface area contributed by atoms with Gasteiger partial charge < -0.3 is 26.2 Å². The van der Waals surface area contributed by atoms with Crippen LogP contribution in [0.5, 0.6) is 5.75 Å². The molecule has 1 aromatic heterocycles. The molecule has 2 aliphatic rings. The fourth-order valence-electron chi connectivity index (χ4n) is 5.58. The summed E-state index contributed by atoms with van der Waals surface area (Å²) in [6.07, 6.45) is 8.84. The van der Waals surface area contributed by atoms with Gasteiger partial charge in [0.1, 0.15) is 23.7 Å². The molecular weight excluding hydrogens is 504 g/mol. The first kappa shape index (κ1) is 27.3. The normalized spacial score (nSPS) is 20.8. The number of nitrogens with one attached hydrogen (secondary N) is 3. The number of nitrogens with zero attached hydrogens (tertiary/aromatic N) is 2. The standard InChI is InChI=1S/C31H36N6O3/c1-18-15-20(28(32)27-29(33)35-17-36-30(27)37-22-10-12-23(38)13-11-22)7-8-21(18)16-34-31(39)26-24-6-4-3-5-19(24)9-14-25(26)40-2/h3-9,14,17-18,22-23,32,38H,10-13,15-16H2,1-2H3,(H,34,39)(H3,33,35,36,37). The van der Waals surface area contributed by atoms with Crippen LogP contribution >= 0.6 is 0 Å². The topological polar surface area (TPSA) is 146 Å². The van der Waals surface area contributed by atoms with Crippen LogP contribution in [-0.4, -0.2) is 52.5 Å². The van der Waals surface area contributed by atoms with Crippen molar-refractivity contribution in [1.29, 1.82) is 5.41 Å². The predicted molar refractivity (Wildman–Crippen MR) is 158 cm³/mol. The summed E-state index contributed by atoms with van der Waals surface area (Å²) in [4.78, 5) is 21.8. The molecule has 5 rings (SSSR count). The fourth-order valence-corrected chi connectivity index (χ4v) is 5.58. The van der Waals surface area contributed by atoms with Gasteiger partial charge >= 0.3 is 0 Å². The largest absolute Gasteiger partial charge is 0.496 e. The van der Waals surface area contributed by atoms with E-state index in [1.165, 1.54) is 6.33 Å². The summed E-state index contributed by atoms with van der Waals surface area (Å²) in [7, 11) is 1.57. The number of amides is 1. The Bertz CT molecular complexity index is 1490. The second-order valence-corrected chi connectivity index (χ2v) is 10.6. The van der Waals surface area contributed by atoms with Crippen molar-refractivity contribution < 1.29 is 14.6 Å². The van der Waals surface area contributed by atoms with Crippen LogP contribution in [0.4, 0.5) is 11.6 Å². The third kappa shape index (κ3) is 5.70. The Morgan fingerprint density at radius 3 is 2.62 bits per heavy atom. The van der Waals surface area contributed by atoms with Crippen LogP contribution in [0.1, 0.15) is 54.9 Å². The van der Waals surface area contributed by atoms with Gasteiger partial charge in [0, 0.05) is 12.6 Å². The molecule has 0 aliphatic heterocycles. The van der Waals surface area contributed by atoms with Crippen LogP contribution < -0.4 is 21.1 Å². The molecule has 2 aliphatic carbocycles. The van der Waals surface area contributed by atoms with E-state index in [4.69, 9.17) is 15.9 Å². The van der Waals surface area contributed by atoms with E-state index >= 15 is 0 Å². The number of aliphatic hydroxyl groups excluding tert-OH is 1. The van der Waals surface area contributed by atoms with Crippen LogP contribution in [0.3, 0.4) is 0 Å². The molecule has 9 nitrogen and oxygen atoms in total. The lowest BCUT2D eigenvalue weighted by molar-refractivity contribution is 0.0955. The molecule has 1 unspecified atom stereocenters. The molecule has 3 aromatic rings. The summed E-state index contributed by atoms with van der Waals surface area (Å²) in [5, 5.41) is 27.2. The zero-order chi connectivity index (χ0) is 28.2. The molecular formula is C31H36N6O3. The maximum atomic E-state index is 13.3. The zero-order valence-electron chi connectivity index (χ0n) is 22.9. The third-order valence-corrected chi connectivity index (χ3v) is 7.93. The summed E-state index contributed by atoms with van der Waals surface area (Å²) >= 11 is 0. The highest BCUT2D eigenvalue weighted by Crippen LogP contribution is 2.32. The van der Waals surface area contributed by atoms with Gasteiger partial charge in [-0.05, 0) is 66.0 Å². The molecule has 208 valence electrons. The van der Waals surface area contributed by atoms with E-state index < -0.39 is 0 Å². The van der Waals surface area contributed by atoms with Crippen LogP contribution in [-0.2, 0) is 0 Å². The Morgan fingerprint density at radius 2 is 1.88 bits per heavy atom. The van der Waals surface area contributed by atoms with Gasteiger partial charge in [-0.15, -0.1) is 0 Å². The number of fused-ring (bicyclic) bond motifs is 1. The lowest BCUT2D eigenvalue weighted by Crippen LogP contribution is -2.30. The van der Waals surface area contributed by atoms with Crippen molar-refractivity contribution >= 4 is 34.0 Å². The van der Waals surface area contributed by atoms with Crippen molar-refractivity contribution in [3.8, 4) is 5.75 Å². The average Bonchev–Trinajstić information content (AvgIpc) is 2.96. The Kier molecular flexibility index (Phi) is 8.11. The SMILES string of the molecule is COc1ccc2ccccc2c1C(=O)NCC1=CC=C(C(=N)c2c(N)ncnc2NC2CCC(O)CC2)CC1C. The summed E-state index contributed by atoms with van der Waals surface area (Å²) in [6.45, 7) is 2.48. The number of hydrogen-bond donors (Lipinski definition) is 5. The van der Waals surface area contributed by atoms with Crippen LogP contribution in [0.2, 0.25) is 0 Å². The van der Waals surface area contributed by atoms with E-state index in [2.05, 4.69) is 27.5 Å². The van der Waals surface area contributed by atoms with Crippen LogP contribution in [0.25, 0.3) is 10.8 Å². The van der Waals surface area contributed by atoms with E-state index in [1.807, 2.05) is 48.6 Å². The van der Waals surface area contributed by atoms with Crippen molar-refractivity contribution in [2.45, 2.75) is 51.2 Å². The molecule has 1 atom stereocenters. The first-order valence-corrected chi connectivity index (χ1v) is 13.7. The first-order chi connectivity index (χ1) is 19.4. The number of nitrogen functional groups attached to an aromatic ring is 1. The minimum Gasteiger partial charge on any atom is -0.496 e. The summed E-state index contributed by atoms with van der Waals surface area (Å²) in [5.41, 5.74) is 9.47. The molecule has 0 spiro atoms. The number of anilines is 2. The highest BCUT2D eigenvalue weighted by molar-refractivity contribution is 6.16. The van der Waals surface area contributed by atoms with Crippen molar-refractivity contribution in [1.82, 2.24) is 15.3 Å². The second kappa shape index (κ2) is 11.9. The number of carbonyl (C=O) groups is 1. The minimum absolute atomic E-state index is 0.108. The molecule has 1 amide bonds. The molecule has 0 bridgehead atoms. The predicted octanol–water partition coefficient (Wildman–Crippen LogP) is 4.63. The van der Waals surface area contributed by atoms with E-state index in [0.29, 0.717) is 41.4 Å². The first-order valence-electron chi connectivity index (χ1n) is 13.7. The monoisotopic (exact) mass is 540 g/mol. The van der Waals surface area contributed by atoms with Crippen LogP contribution in [0.15, 0.2) is 66.0 Å². The highest BCUT2D eigenvalue weighted by atomic mass is 16.5. The van der Waals surface area contributed by atoms with E-state index in [-0.39, 0.29) is 29.8 Å². The van der Waals surface area contributed by atoms with E-state index in [1.54, 1.807) is 7.11 Å². The quantitative estimate of drug-likeness (QED) is 0.262. The van der Waals surface area contributed by atoms with Crippen molar-refractivity contribution in [2.24, 2.45) is 5.92 Å². The van der Waals surface area contributed by atoms with Gasteiger partial charge in [-0.25, -0.2) is 9.97 Å². The lowest BCUT2D eigenvalue weighted by atomic mass is 9.85. The molecule has 40 heavy (non-hydrogen) atoms. The Hall–Kier alpha value is -4.24. The Morgan fingerprint density at radius 1 is 1.10 bits per heavy atom. The molecule has 0 saturated heterocycles. The van der Waals surface area contributed by atoms with Crippen molar-refractivity contribution in [3.63, 3.8) is 0 Å². The number of carbonyl (C=O) groups excluding carboxylic acids is 1. The number of benzene rings is 2. The number of aliphatic hydroxyl groups is 1. The van der Waals surface area contributed by atoms with E-state index in [9.17, 15) is 9.90 Å². The van der Waals surface area contributed by atoms with E-state index in [0.717, 1.165) is 47.6 Å². The van der Waals surface area contributed by atoms with Gasteiger partial charge in [0.05, 0.1) is 30.1 Å². The molecule has 2 aromatic carbocycles. The number of aromatic nitrogens is 2. The number of nitrogens with two attached hydrogens (primary N) is 1. The molecule has 6 N–H and O–H groups in total. The number of ether oxygens (including phenoxy) is 1. The fraction of sp³-hybridized carbons (Fsp3) is 0.355. The lowest BCUT2D eigenvalue weighted by Gasteiger charge is -2.28. The zero-order valence-corrected chi connectivity index (χ0v) is 22.9. The Labute approximate surface area is 234 Å². The average molecular weight is 541 g/mol. The van der Waals surface area contributed by atoms with Crippen LogP contribution in [0, 0.1) is 11.3 Å². The smallest absolute Gasteiger partial charge is 0.255 e. The maximum absolute atomic E-state index is 13.3. The highest BCUT2D eigenvalue weighted by Gasteiger charge is 2.26. The van der Waals surface area contributed by atoms with Gasteiger partial charge in [-0.1, -0.05) is 49.4 Å². The number of rotatable bonds is 8. The maximum Gasteiger partial charge on any atom is 0.255 e. The molecule has 1 heterocycles. The number of allylic oxidation sites excluding steroid dienone is 3. The van der Waals surface area contributed by atoms with Gasteiger partial charge in [-0.2, -0.15) is 0 Å². The van der Waals surface area contributed by atoms with Crippen molar-refractivity contribution in [2.75, 3.05) is 24.7 Å². The molecule has 1 fully saturated rings. The molecule has 0 radical (unpaired) electrons. The number of hydrogen-bond acceptors (Lipinski definition) is 8. The van der Waals surface area contributed by atoms with Gasteiger partial charge in [0.2, 0.25) is 0 Å². The van der Waals surface area contributed by atoms with Crippen molar-refractivity contribution in [3.05, 3.63) is 77.2 Å². The summed E-state index contributed by atoms with van der Waals surface area (Å²) < 4.78 is 5.50. The summed E-state index contributed by atoms with van der Waals surface area (Å²) in [6, 6.07) is 11.7. The Balaban J connectivity index is 1.31. The molecule has 9 heteroatoms. The van der Waals surface area contributed by atoms with Gasteiger partial charge in [0.15, 0.2) is 0 Å². The third-order valence-electron chi connectivity index (χ3n) is 7.93. The van der Waals surface area contributed by atoms with Gasteiger partial charge in [0.25, 0.3) is 5.91 Å². The minimum atomic E-state index is -0.250. The molecule has 1 saturated carbocycles. The second-order valence-electron chi connectivity index (χ2n) is 10.6. The summed E-state index contributed by atoms with van der Waals surface area (Å²) in [5.74, 6) is 1.27. The number of methoxy groups -OCH3 is 1.